The molecule has 0 atom stereocenters. The first-order chi connectivity index (χ1) is 20.1. The maximum Gasteiger partial charge on any atom is 0.150 e. The quantitative estimate of drug-likeness (QED) is 0.0198. The van der Waals surface area contributed by atoms with Gasteiger partial charge in [0.05, 0.1) is 0 Å². The number of alkyl halides is 1. The van der Waals surface area contributed by atoms with Gasteiger partial charge >= 0.3 is 0 Å². The highest BCUT2D eigenvalue weighted by atomic mass is 127. The van der Waals surface area contributed by atoms with Gasteiger partial charge in [-0.15, -0.1) is 0 Å². The topological polar surface area (TPSA) is 0 Å². The molecule has 0 amide bonds. The molecule has 0 aromatic carbocycles. The lowest BCUT2D eigenvalue weighted by Gasteiger charge is -2.11. The van der Waals surface area contributed by atoms with Gasteiger partial charge in [-0.1, -0.05) is 248 Å². The Kier molecular flexibility index (Phi) is 36.8. The first-order valence-corrected chi connectivity index (χ1v) is 25.1. The molecule has 0 spiro atoms. The molecule has 0 aliphatic carbocycles. The maximum atomic E-state index is 6.40. The SMILES string of the molecule is C[Si](C)(Cl)CCCCCCCCCCCCCCCCCCCCCCCCCCCCCCCCCCCCI. The molecule has 0 saturated heterocycles. The van der Waals surface area contributed by atoms with Gasteiger partial charge in [-0.2, -0.15) is 11.1 Å². The van der Waals surface area contributed by atoms with E-state index in [-0.39, 0.29) is 0 Å². The summed E-state index contributed by atoms with van der Waals surface area (Å²) < 4.78 is 1.34. The van der Waals surface area contributed by atoms with Gasteiger partial charge in [0.1, 0.15) is 7.38 Å². The Morgan fingerprint density at radius 3 is 0.585 bits per heavy atom. The van der Waals surface area contributed by atoms with Crippen LogP contribution in [0.4, 0.5) is 0 Å². The van der Waals surface area contributed by atoms with Crippen LogP contribution in [0.3, 0.4) is 0 Å². The lowest BCUT2D eigenvalue weighted by Crippen LogP contribution is -2.14. The van der Waals surface area contributed by atoms with Gasteiger partial charge in [-0.05, 0) is 16.9 Å². The van der Waals surface area contributed by atoms with Gasteiger partial charge in [0.25, 0.3) is 0 Å². The second kappa shape index (κ2) is 35.7. The number of halogens is 2. The third kappa shape index (κ3) is 41.2. The normalized spacial score (nSPS) is 12.0. The van der Waals surface area contributed by atoms with E-state index in [1.807, 2.05) is 0 Å². The number of hydrogen-bond acceptors (Lipinski definition) is 0. The second-order valence-corrected chi connectivity index (χ2v) is 22.3. The molecule has 0 rings (SSSR count). The highest BCUT2D eigenvalue weighted by Crippen LogP contribution is 2.20. The van der Waals surface area contributed by atoms with Crippen molar-refractivity contribution in [2.24, 2.45) is 0 Å². The van der Waals surface area contributed by atoms with Crippen LogP contribution in [0.1, 0.15) is 218 Å². The van der Waals surface area contributed by atoms with Crippen molar-refractivity contribution in [3.63, 3.8) is 0 Å². The van der Waals surface area contributed by atoms with E-state index in [1.165, 1.54) is 229 Å². The van der Waals surface area contributed by atoms with Gasteiger partial charge in [-0.25, -0.2) is 0 Å². The van der Waals surface area contributed by atoms with Crippen molar-refractivity contribution in [3.8, 4) is 0 Å². The Morgan fingerprint density at radius 2 is 0.439 bits per heavy atom. The van der Waals surface area contributed by atoms with Crippen LogP contribution in [0.15, 0.2) is 0 Å². The first kappa shape index (κ1) is 42.2. The van der Waals surface area contributed by atoms with Crippen LogP contribution in [0, 0.1) is 0 Å². The zero-order valence-corrected chi connectivity index (χ0v) is 32.6. The Labute approximate surface area is 281 Å². The molecule has 248 valence electrons. The summed E-state index contributed by atoms with van der Waals surface area (Å²) in [5, 5.41) is 0. The van der Waals surface area contributed by atoms with Crippen LogP contribution in [-0.2, 0) is 0 Å². The Balaban J connectivity index is 3.04. The van der Waals surface area contributed by atoms with Crippen molar-refractivity contribution < 1.29 is 0 Å². The van der Waals surface area contributed by atoms with Crippen LogP contribution in [-0.4, -0.2) is 11.8 Å². The summed E-state index contributed by atoms with van der Waals surface area (Å²) in [6.45, 7) is 4.55. The van der Waals surface area contributed by atoms with Crippen molar-refractivity contribution >= 4 is 41.1 Å². The molecule has 0 nitrogen and oxygen atoms in total. The monoisotopic (exact) mass is 724 g/mol. The second-order valence-electron chi connectivity index (χ2n) is 14.2. The summed E-state index contributed by atoms with van der Waals surface area (Å²) >= 11 is 8.90. The minimum atomic E-state index is -1.31. The summed E-state index contributed by atoms with van der Waals surface area (Å²) in [5.41, 5.74) is 0. The van der Waals surface area contributed by atoms with Crippen molar-refractivity contribution in [1.29, 1.82) is 0 Å². The molecule has 0 saturated carbocycles. The van der Waals surface area contributed by atoms with Gasteiger partial charge in [0.2, 0.25) is 0 Å². The van der Waals surface area contributed by atoms with E-state index in [9.17, 15) is 0 Å². The Hall–Kier alpha value is 1.24. The van der Waals surface area contributed by atoms with Crippen molar-refractivity contribution in [2.45, 2.75) is 237 Å². The lowest BCUT2D eigenvalue weighted by molar-refractivity contribution is 0.511. The lowest BCUT2D eigenvalue weighted by atomic mass is 10.0. The molecule has 0 aromatic heterocycles. The van der Waals surface area contributed by atoms with Crippen LogP contribution in [0.25, 0.3) is 0 Å². The van der Waals surface area contributed by atoms with E-state index in [1.54, 1.807) is 0 Å². The predicted molar refractivity (Wildman–Crippen MR) is 204 cm³/mol. The molecule has 0 N–H and O–H groups in total. The first-order valence-electron chi connectivity index (χ1n) is 19.3. The molecule has 0 fully saturated rings. The third-order valence-corrected chi connectivity index (χ3v) is 12.0. The molecule has 0 aromatic rings. The van der Waals surface area contributed by atoms with Crippen LogP contribution >= 0.6 is 33.7 Å². The smallest absolute Gasteiger partial charge is 0.150 e. The van der Waals surface area contributed by atoms with Crippen LogP contribution in [0.2, 0.25) is 19.1 Å². The van der Waals surface area contributed by atoms with Gasteiger partial charge in [-0.3, -0.25) is 0 Å². The average molecular weight is 725 g/mol. The minimum Gasteiger partial charge on any atom is -0.168 e. The average Bonchev–Trinajstić information content (AvgIpc) is 2.94. The van der Waals surface area contributed by atoms with Crippen LogP contribution < -0.4 is 0 Å². The summed E-state index contributed by atoms with van der Waals surface area (Å²) in [6.07, 6.45) is 50.1. The molecule has 0 aliphatic rings. The van der Waals surface area contributed by atoms with E-state index in [4.69, 9.17) is 11.1 Å². The van der Waals surface area contributed by atoms with Crippen molar-refractivity contribution in [2.75, 3.05) is 4.43 Å². The van der Waals surface area contributed by atoms with E-state index in [2.05, 4.69) is 35.7 Å². The van der Waals surface area contributed by atoms with E-state index in [0.717, 1.165) is 0 Å². The van der Waals surface area contributed by atoms with E-state index in [0.29, 0.717) is 0 Å². The molecule has 0 bridgehead atoms. The number of hydrogen-bond donors (Lipinski definition) is 0. The molecular formula is C38H78ClISi. The maximum absolute atomic E-state index is 6.40. The molecule has 3 heteroatoms. The predicted octanol–water partition coefficient (Wildman–Crippen LogP) is 16.1. The molecule has 0 aliphatic heterocycles. The van der Waals surface area contributed by atoms with Gasteiger partial charge in [0, 0.05) is 0 Å². The number of unbranched alkanes of at least 4 members (excludes halogenated alkanes) is 33. The summed E-state index contributed by atoms with van der Waals surface area (Å²) in [7, 11) is -1.31. The summed E-state index contributed by atoms with van der Waals surface area (Å²) in [6, 6.07) is 1.30. The highest BCUT2D eigenvalue weighted by Gasteiger charge is 2.15. The van der Waals surface area contributed by atoms with Crippen molar-refractivity contribution in [1.82, 2.24) is 0 Å². The molecule has 0 unspecified atom stereocenters. The molecular weight excluding hydrogens is 647 g/mol. The largest absolute Gasteiger partial charge is 0.168 e. The molecule has 0 radical (unpaired) electrons. The minimum absolute atomic E-state index is 1.30. The number of rotatable bonds is 36. The summed E-state index contributed by atoms with van der Waals surface area (Å²) in [5.74, 6) is 0. The van der Waals surface area contributed by atoms with Crippen molar-refractivity contribution in [3.05, 3.63) is 0 Å². The Bertz CT molecular complexity index is 464. The standard InChI is InChI=1S/C38H78ClISi/c1-41(2,39)38-36-34-32-30-28-26-24-22-20-18-16-14-12-10-8-6-4-3-5-7-9-11-13-15-17-19-21-23-25-27-29-31-33-35-37-40/h3-38H2,1-2H3. The molecule has 41 heavy (non-hydrogen) atoms. The zero-order valence-electron chi connectivity index (χ0n) is 28.7. The van der Waals surface area contributed by atoms with E-state index < -0.39 is 7.38 Å². The van der Waals surface area contributed by atoms with E-state index >= 15 is 0 Å². The third-order valence-electron chi connectivity index (χ3n) is 9.15. The fourth-order valence-electron chi connectivity index (χ4n) is 6.30. The van der Waals surface area contributed by atoms with Gasteiger partial charge < -0.3 is 0 Å². The Morgan fingerprint density at radius 1 is 0.293 bits per heavy atom. The fourth-order valence-corrected chi connectivity index (χ4v) is 8.33. The van der Waals surface area contributed by atoms with Crippen LogP contribution in [0.5, 0.6) is 0 Å². The summed E-state index contributed by atoms with van der Waals surface area (Å²) in [4.78, 5) is 0. The molecule has 0 heterocycles. The van der Waals surface area contributed by atoms with Gasteiger partial charge in [0.15, 0.2) is 0 Å². The fraction of sp³-hybridized carbons (Fsp3) is 1.00. The zero-order chi connectivity index (χ0) is 30.0. The highest BCUT2D eigenvalue weighted by molar-refractivity contribution is 14.1.